The summed E-state index contributed by atoms with van der Waals surface area (Å²) in [6, 6.07) is 4.39. The predicted octanol–water partition coefficient (Wildman–Crippen LogP) is 1.88. The number of nitrogen functional groups attached to an aromatic ring is 1. The number of nitrogens with two attached hydrogens (primary N) is 1. The molecule has 21 heavy (non-hydrogen) atoms. The van der Waals surface area contributed by atoms with Gasteiger partial charge in [-0.2, -0.15) is 0 Å². The molecule has 0 atom stereocenters. The van der Waals surface area contributed by atoms with Gasteiger partial charge in [-0.05, 0) is 25.0 Å². The van der Waals surface area contributed by atoms with Crippen molar-refractivity contribution in [3.05, 3.63) is 29.6 Å². The Morgan fingerprint density at radius 3 is 2.71 bits per heavy atom. The van der Waals surface area contributed by atoms with Crippen LogP contribution >= 0.6 is 0 Å². The van der Waals surface area contributed by atoms with Crippen molar-refractivity contribution in [2.45, 2.75) is 38.1 Å². The number of carbonyl (C=O) groups excluding carboxylic acids is 1. The van der Waals surface area contributed by atoms with E-state index in [1.807, 2.05) is 0 Å². The summed E-state index contributed by atoms with van der Waals surface area (Å²) in [6.45, 7) is 0.146. The second-order valence-electron chi connectivity index (χ2n) is 5.32. The lowest BCUT2D eigenvalue weighted by atomic mass is 9.93. The number of nitrogens with zero attached hydrogens (tertiary/aromatic N) is 1. The van der Waals surface area contributed by atoms with Gasteiger partial charge in [-0.15, -0.1) is 0 Å². The lowest BCUT2D eigenvalue weighted by Gasteiger charge is -2.34. The Morgan fingerprint density at radius 2 is 2.10 bits per heavy atom. The van der Waals surface area contributed by atoms with Crippen LogP contribution in [0.25, 0.3) is 0 Å². The van der Waals surface area contributed by atoms with Gasteiger partial charge in [0.05, 0.1) is 17.9 Å². The number of hydrazine groups is 1. The van der Waals surface area contributed by atoms with E-state index in [4.69, 9.17) is 5.84 Å². The molecule has 1 aliphatic rings. The molecule has 1 amide bonds. The number of hydrogen-bond acceptors (Lipinski definition) is 4. The van der Waals surface area contributed by atoms with Crippen molar-refractivity contribution in [3.63, 3.8) is 0 Å². The summed E-state index contributed by atoms with van der Waals surface area (Å²) in [5.74, 6) is 4.48. The molecule has 1 aromatic carbocycles. The number of rotatable bonds is 5. The normalized spacial score (nSPS) is 15.8. The third-order valence-corrected chi connectivity index (χ3v) is 4.01. The molecule has 1 aliphatic carbocycles. The fraction of sp³-hybridized carbons (Fsp3) is 0.533. The summed E-state index contributed by atoms with van der Waals surface area (Å²) in [6.07, 6.45) is 5.17. The van der Waals surface area contributed by atoms with Gasteiger partial charge in [-0.25, -0.2) is 4.39 Å². The van der Waals surface area contributed by atoms with E-state index in [2.05, 4.69) is 5.43 Å². The average molecular weight is 295 g/mol. The molecule has 0 aromatic heterocycles. The first-order chi connectivity index (χ1) is 10.2. The number of benzene rings is 1. The van der Waals surface area contributed by atoms with E-state index < -0.39 is 5.82 Å². The molecule has 1 aromatic rings. The van der Waals surface area contributed by atoms with Crippen LogP contribution in [0.5, 0.6) is 0 Å². The maximum atomic E-state index is 13.7. The summed E-state index contributed by atoms with van der Waals surface area (Å²) in [7, 11) is 0. The molecule has 0 bridgehead atoms. The maximum absolute atomic E-state index is 13.7. The Balaban J connectivity index is 2.27. The summed E-state index contributed by atoms with van der Waals surface area (Å²) in [5, 5.41) is 9.24. The largest absolute Gasteiger partial charge is 0.395 e. The van der Waals surface area contributed by atoms with E-state index in [0.717, 1.165) is 25.7 Å². The van der Waals surface area contributed by atoms with Crippen molar-refractivity contribution in [1.29, 1.82) is 0 Å². The van der Waals surface area contributed by atoms with Crippen molar-refractivity contribution in [3.8, 4) is 0 Å². The minimum absolute atomic E-state index is 0.00116. The Labute approximate surface area is 123 Å². The van der Waals surface area contributed by atoms with E-state index in [0.29, 0.717) is 0 Å². The maximum Gasteiger partial charge on any atom is 0.256 e. The van der Waals surface area contributed by atoms with E-state index in [9.17, 15) is 14.3 Å². The molecule has 0 heterocycles. The van der Waals surface area contributed by atoms with Crippen LogP contribution in [-0.2, 0) is 0 Å². The summed E-state index contributed by atoms with van der Waals surface area (Å²) < 4.78 is 13.7. The highest BCUT2D eigenvalue weighted by atomic mass is 19.1. The molecule has 6 heteroatoms. The molecule has 5 nitrogen and oxygen atoms in total. The molecular formula is C15H22FN3O2. The zero-order valence-electron chi connectivity index (χ0n) is 12.0. The summed E-state index contributed by atoms with van der Waals surface area (Å²) in [4.78, 5) is 14.4. The van der Waals surface area contributed by atoms with Crippen molar-refractivity contribution >= 4 is 11.6 Å². The number of nitrogens with one attached hydrogen (secondary N) is 1. The van der Waals surface area contributed by atoms with Gasteiger partial charge in [0.15, 0.2) is 0 Å². The zero-order valence-corrected chi connectivity index (χ0v) is 12.0. The van der Waals surface area contributed by atoms with Crippen LogP contribution in [0.2, 0.25) is 0 Å². The highest BCUT2D eigenvalue weighted by Crippen LogP contribution is 2.26. The number of halogens is 1. The van der Waals surface area contributed by atoms with Crippen LogP contribution in [0, 0.1) is 5.82 Å². The number of amides is 1. The van der Waals surface area contributed by atoms with Crippen LogP contribution in [0.4, 0.5) is 10.1 Å². The highest BCUT2D eigenvalue weighted by Gasteiger charge is 2.27. The minimum atomic E-state index is -0.559. The van der Waals surface area contributed by atoms with Gasteiger partial charge < -0.3 is 15.4 Å². The molecule has 0 aliphatic heterocycles. The van der Waals surface area contributed by atoms with Gasteiger partial charge in [0.25, 0.3) is 5.91 Å². The van der Waals surface area contributed by atoms with Crippen LogP contribution in [-0.4, -0.2) is 35.1 Å². The van der Waals surface area contributed by atoms with Gasteiger partial charge in [-0.1, -0.05) is 25.3 Å². The molecule has 116 valence electrons. The molecule has 0 radical (unpaired) electrons. The quantitative estimate of drug-likeness (QED) is 0.572. The second-order valence-corrected chi connectivity index (χ2v) is 5.32. The van der Waals surface area contributed by atoms with Crippen LogP contribution in [0.1, 0.15) is 42.5 Å². The molecule has 1 saturated carbocycles. The van der Waals surface area contributed by atoms with Crippen LogP contribution in [0.15, 0.2) is 18.2 Å². The van der Waals surface area contributed by atoms with Gasteiger partial charge in [0.2, 0.25) is 0 Å². The molecule has 1 fully saturated rings. The highest BCUT2D eigenvalue weighted by molar-refractivity contribution is 5.99. The Hall–Kier alpha value is -1.66. The van der Waals surface area contributed by atoms with E-state index in [1.54, 1.807) is 11.0 Å². The minimum Gasteiger partial charge on any atom is -0.395 e. The molecule has 0 spiro atoms. The van der Waals surface area contributed by atoms with Gasteiger partial charge in [0.1, 0.15) is 5.82 Å². The smallest absolute Gasteiger partial charge is 0.256 e. The van der Waals surface area contributed by atoms with E-state index in [-0.39, 0.29) is 36.4 Å². The van der Waals surface area contributed by atoms with Gasteiger partial charge >= 0.3 is 0 Å². The second kappa shape index (κ2) is 7.38. The third kappa shape index (κ3) is 3.51. The van der Waals surface area contributed by atoms with Crippen molar-refractivity contribution in [2.75, 3.05) is 18.6 Å². The van der Waals surface area contributed by atoms with E-state index in [1.165, 1.54) is 18.6 Å². The average Bonchev–Trinajstić information content (AvgIpc) is 2.52. The predicted molar refractivity (Wildman–Crippen MR) is 79.2 cm³/mol. The first-order valence-electron chi connectivity index (χ1n) is 7.36. The van der Waals surface area contributed by atoms with Crippen LogP contribution < -0.4 is 11.3 Å². The summed E-state index contributed by atoms with van der Waals surface area (Å²) in [5.41, 5.74) is 2.47. The number of carbonyl (C=O) groups is 1. The fourth-order valence-corrected chi connectivity index (χ4v) is 2.95. The molecule has 0 saturated heterocycles. The van der Waals surface area contributed by atoms with Crippen molar-refractivity contribution in [1.82, 2.24) is 4.90 Å². The number of hydrogen-bond donors (Lipinski definition) is 3. The monoisotopic (exact) mass is 295 g/mol. The van der Waals surface area contributed by atoms with Crippen LogP contribution in [0.3, 0.4) is 0 Å². The molecule has 2 rings (SSSR count). The van der Waals surface area contributed by atoms with E-state index >= 15 is 0 Å². The Morgan fingerprint density at radius 1 is 1.38 bits per heavy atom. The first kappa shape index (κ1) is 15.7. The third-order valence-electron chi connectivity index (χ3n) is 4.01. The first-order valence-corrected chi connectivity index (χ1v) is 7.36. The van der Waals surface area contributed by atoms with Gasteiger partial charge in [-0.3, -0.25) is 10.6 Å². The SMILES string of the molecule is NNc1c(F)cccc1C(=O)N(CCO)C1CCCCC1. The number of aliphatic hydroxyl groups is 1. The molecule has 4 N–H and O–H groups in total. The number of anilines is 1. The molecule has 0 unspecified atom stereocenters. The number of aliphatic hydroxyl groups excluding tert-OH is 1. The fourth-order valence-electron chi connectivity index (χ4n) is 2.95. The lowest BCUT2D eigenvalue weighted by molar-refractivity contribution is 0.0586. The lowest BCUT2D eigenvalue weighted by Crippen LogP contribution is -2.43. The van der Waals surface area contributed by atoms with Crippen molar-refractivity contribution < 1.29 is 14.3 Å². The molecular weight excluding hydrogens is 273 g/mol. The summed E-state index contributed by atoms with van der Waals surface area (Å²) >= 11 is 0. The standard InChI is InChI=1S/C15H22FN3O2/c16-13-8-4-7-12(14(13)18-17)15(21)19(9-10-20)11-5-2-1-3-6-11/h4,7-8,11,18,20H,1-3,5-6,9-10,17H2. The Bertz CT molecular complexity index is 490. The zero-order chi connectivity index (χ0) is 15.2. The topological polar surface area (TPSA) is 78.6 Å². The van der Waals surface area contributed by atoms with Crippen molar-refractivity contribution in [2.24, 2.45) is 5.84 Å². The number of para-hydroxylation sites is 1. The Kier molecular flexibility index (Phi) is 5.52. The van der Waals surface area contributed by atoms with Gasteiger partial charge in [0, 0.05) is 12.6 Å².